The van der Waals surface area contributed by atoms with Crippen LogP contribution >= 0.6 is 0 Å². The highest BCUT2D eigenvalue weighted by Crippen LogP contribution is 2.33. The Balaban J connectivity index is 2.53. The maximum Gasteiger partial charge on any atom is 0.132 e. The molecule has 0 amide bonds. The average Bonchev–Trinajstić information content (AvgIpc) is 2.68. The highest BCUT2D eigenvalue weighted by atomic mass is 16.5. The van der Waals surface area contributed by atoms with E-state index in [4.69, 9.17) is 10.5 Å². The van der Waals surface area contributed by atoms with Crippen LogP contribution in [-0.2, 0) is 6.54 Å². The van der Waals surface area contributed by atoms with E-state index in [0.29, 0.717) is 19.0 Å². The quantitative estimate of drug-likeness (QED) is 0.838. The van der Waals surface area contributed by atoms with Crippen molar-refractivity contribution in [3.8, 4) is 17.0 Å². The summed E-state index contributed by atoms with van der Waals surface area (Å²) < 4.78 is 7.57. The molecule has 2 N–H and O–H groups in total. The van der Waals surface area contributed by atoms with Crippen LogP contribution in [0.25, 0.3) is 11.3 Å². The van der Waals surface area contributed by atoms with Crippen LogP contribution in [0.4, 0.5) is 5.82 Å². The van der Waals surface area contributed by atoms with Gasteiger partial charge in [0.1, 0.15) is 23.1 Å². The van der Waals surface area contributed by atoms with E-state index in [1.54, 1.807) is 0 Å². The van der Waals surface area contributed by atoms with E-state index in [-0.39, 0.29) is 0 Å². The molecule has 2 rings (SSSR count). The second kappa shape index (κ2) is 5.61. The minimum absolute atomic E-state index is 0.614. The number of allylic oxidation sites excluding steroid dienone is 1. The predicted molar refractivity (Wildman–Crippen MR) is 78.2 cm³/mol. The molecule has 0 saturated heterocycles. The van der Waals surface area contributed by atoms with E-state index in [0.717, 1.165) is 22.8 Å². The zero-order chi connectivity index (χ0) is 13.8. The van der Waals surface area contributed by atoms with Crippen molar-refractivity contribution in [3.05, 3.63) is 42.7 Å². The van der Waals surface area contributed by atoms with Gasteiger partial charge in [0.2, 0.25) is 0 Å². The Kier molecular flexibility index (Phi) is 3.90. The molecule has 4 heteroatoms. The first-order valence-electron chi connectivity index (χ1n) is 6.34. The molecule has 0 atom stereocenters. The Morgan fingerprint density at radius 2 is 2.16 bits per heavy atom. The molecule has 19 heavy (non-hydrogen) atoms. The fourth-order valence-corrected chi connectivity index (χ4v) is 2.08. The minimum Gasteiger partial charge on any atom is -0.493 e. The van der Waals surface area contributed by atoms with Crippen molar-refractivity contribution in [1.29, 1.82) is 0 Å². The summed E-state index contributed by atoms with van der Waals surface area (Å²) in [5.41, 5.74) is 7.88. The summed E-state index contributed by atoms with van der Waals surface area (Å²) in [4.78, 5) is 4.55. The van der Waals surface area contributed by atoms with Crippen LogP contribution in [0.5, 0.6) is 5.75 Å². The summed E-state index contributed by atoms with van der Waals surface area (Å²) in [5, 5.41) is 0. The van der Waals surface area contributed by atoms with Crippen LogP contribution in [0.2, 0.25) is 0 Å². The van der Waals surface area contributed by atoms with Gasteiger partial charge in [0.25, 0.3) is 0 Å². The number of ether oxygens (including phenoxy) is 1. The maximum atomic E-state index is 6.18. The number of nitrogens with zero attached hydrogens (tertiary/aromatic N) is 2. The summed E-state index contributed by atoms with van der Waals surface area (Å²) >= 11 is 0. The van der Waals surface area contributed by atoms with Crippen molar-refractivity contribution in [1.82, 2.24) is 9.55 Å². The molecular formula is C15H19N3O. The molecule has 4 nitrogen and oxygen atoms in total. The third kappa shape index (κ3) is 2.47. The number of aryl methyl sites for hydroxylation is 1. The fraction of sp³-hybridized carbons (Fsp3) is 0.267. The number of rotatable bonds is 5. The Labute approximate surface area is 113 Å². The van der Waals surface area contributed by atoms with Gasteiger partial charge in [0.15, 0.2) is 0 Å². The number of anilines is 1. The van der Waals surface area contributed by atoms with Gasteiger partial charge in [-0.25, -0.2) is 4.98 Å². The van der Waals surface area contributed by atoms with Crippen LogP contribution < -0.4 is 10.5 Å². The molecule has 0 unspecified atom stereocenters. The predicted octanol–water partition coefficient (Wildman–Crippen LogP) is 3.03. The molecule has 0 spiro atoms. The molecule has 0 aliphatic heterocycles. The first kappa shape index (κ1) is 13.2. The second-order valence-corrected chi connectivity index (χ2v) is 4.22. The van der Waals surface area contributed by atoms with Crippen LogP contribution in [0.1, 0.15) is 12.7 Å². The second-order valence-electron chi connectivity index (χ2n) is 4.22. The first-order valence-corrected chi connectivity index (χ1v) is 6.34. The number of nitrogens with two attached hydrogens (primary N) is 1. The lowest BCUT2D eigenvalue weighted by Gasteiger charge is -2.09. The van der Waals surface area contributed by atoms with Gasteiger partial charge in [-0.3, -0.25) is 0 Å². The van der Waals surface area contributed by atoms with Crippen LogP contribution in [0, 0.1) is 6.92 Å². The summed E-state index contributed by atoms with van der Waals surface area (Å²) in [7, 11) is 0. The number of aromatic nitrogens is 2. The van der Waals surface area contributed by atoms with Gasteiger partial charge in [-0.05, 0) is 26.0 Å². The zero-order valence-corrected chi connectivity index (χ0v) is 11.4. The van der Waals surface area contributed by atoms with Crippen molar-refractivity contribution in [2.24, 2.45) is 0 Å². The van der Waals surface area contributed by atoms with Crippen molar-refractivity contribution in [3.63, 3.8) is 0 Å². The van der Waals surface area contributed by atoms with Gasteiger partial charge in [-0.1, -0.05) is 18.2 Å². The molecule has 0 bridgehead atoms. The van der Waals surface area contributed by atoms with Gasteiger partial charge in [0.05, 0.1) is 6.61 Å². The Hall–Kier alpha value is -2.23. The standard InChI is InChI=1S/C15H19N3O/c1-4-10-18-11(3)17-14(15(18)16)12-8-6-7-9-13(12)19-5-2/h4,6-9H,1,5,10,16H2,2-3H3. The van der Waals surface area contributed by atoms with Crippen molar-refractivity contribution in [2.45, 2.75) is 20.4 Å². The van der Waals surface area contributed by atoms with E-state index < -0.39 is 0 Å². The molecule has 100 valence electrons. The van der Waals surface area contributed by atoms with Crippen molar-refractivity contribution >= 4 is 5.82 Å². The highest BCUT2D eigenvalue weighted by molar-refractivity contribution is 5.76. The molecule has 1 aromatic heterocycles. The van der Waals surface area contributed by atoms with E-state index in [1.807, 2.05) is 48.8 Å². The van der Waals surface area contributed by atoms with Gasteiger partial charge >= 0.3 is 0 Å². The summed E-state index contributed by atoms with van der Waals surface area (Å²) in [6.45, 7) is 8.90. The van der Waals surface area contributed by atoms with Crippen LogP contribution in [0.3, 0.4) is 0 Å². The molecule has 0 fully saturated rings. The molecule has 1 heterocycles. The van der Waals surface area contributed by atoms with Gasteiger partial charge in [0, 0.05) is 12.1 Å². The lowest BCUT2D eigenvalue weighted by molar-refractivity contribution is 0.341. The molecule has 0 aliphatic carbocycles. The number of hydrogen-bond acceptors (Lipinski definition) is 3. The fourth-order valence-electron chi connectivity index (χ4n) is 2.08. The highest BCUT2D eigenvalue weighted by Gasteiger charge is 2.16. The SMILES string of the molecule is C=CCn1c(C)nc(-c2ccccc2OCC)c1N. The Bertz CT molecular complexity index is 587. The van der Waals surface area contributed by atoms with E-state index in [1.165, 1.54) is 0 Å². The molecular weight excluding hydrogens is 238 g/mol. The van der Waals surface area contributed by atoms with E-state index >= 15 is 0 Å². The minimum atomic E-state index is 0.614. The molecule has 2 aromatic rings. The molecule has 0 aliphatic rings. The Morgan fingerprint density at radius 3 is 2.84 bits per heavy atom. The number of benzene rings is 1. The first-order chi connectivity index (χ1) is 9.19. The van der Waals surface area contributed by atoms with E-state index in [2.05, 4.69) is 11.6 Å². The monoisotopic (exact) mass is 257 g/mol. The summed E-state index contributed by atoms with van der Waals surface area (Å²) in [5.74, 6) is 2.32. The lowest BCUT2D eigenvalue weighted by atomic mass is 10.1. The lowest BCUT2D eigenvalue weighted by Crippen LogP contribution is -2.03. The van der Waals surface area contributed by atoms with E-state index in [9.17, 15) is 0 Å². The average molecular weight is 257 g/mol. The topological polar surface area (TPSA) is 53.1 Å². The number of hydrogen-bond donors (Lipinski definition) is 1. The Morgan fingerprint density at radius 1 is 1.42 bits per heavy atom. The number of nitrogen functional groups attached to an aromatic ring is 1. The van der Waals surface area contributed by atoms with Gasteiger partial charge in [-0.15, -0.1) is 6.58 Å². The van der Waals surface area contributed by atoms with Crippen molar-refractivity contribution < 1.29 is 4.74 Å². The molecule has 1 aromatic carbocycles. The molecule has 0 radical (unpaired) electrons. The maximum absolute atomic E-state index is 6.18. The normalized spacial score (nSPS) is 10.4. The van der Waals surface area contributed by atoms with Crippen LogP contribution in [0.15, 0.2) is 36.9 Å². The van der Waals surface area contributed by atoms with Gasteiger partial charge in [-0.2, -0.15) is 0 Å². The third-order valence-electron chi connectivity index (χ3n) is 2.95. The van der Waals surface area contributed by atoms with Gasteiger partial charge < -0.3 is 15.0 Å². The smallest absolute Gasteiger partial charge is 0.132 e. The summed E-state index contributed by atoms with van der Waals surface area (Å²) in [6.07, 6.45) is 1.81. The number of para-hydroxylation sites is 1. The zero-order valence-electron chi connectivity index (χ0n) is 11.4. The molecule has 0 saturated carbocycles. The van der Waals surface area contributed by atoms with Crippen molar-refractivity contribution in [2.75, 3.05) is 12.3 Å². The largest absolute Gasteiger partial charge is 0.493 e. The van der Waals surface area contributed by atoms with Crippen LogP contribution in [-0.4, -0.2) is 16.2 Å². The third-order valence-corrected chi connectivity index (χ3v) is 2.95. The summed E-state index contributed by atoms with van der Waals surface area (Å²) in [6, 6.07) is 7.80. The number of imidazole rings is 1.